The van der Waals surface area contributed by atoms with E-state index in [0.29, 0.717) is 18.9 Å². The topological polar surface area (TPSA) is 95.5 Å². The molecule has 2 fully saturated rings. The van der Waals surface area contributed by atoms with Gasteiger partial charge in [0.1, 0.15) is 11.8 Å². The quantitative estimate of drug-likeness (QED) is 0.310. The Bertz CT molecular complexity index is 1220. The highest BCUT2D eigenvalue weighted by Crippen LogP contribution is 2.32. The van der Waals surface area contributed by atoms with E-state index in [-0.39, 0.29) is 17.7 Å². The number of H-pyrrole nitrogens is 1. The SMILES string of the molecule is N=C/C(=C\NCCN1CCOCC1)c1cnc2[nH]cc(-c3ccc(OC4CCOCC4)c(F)c3)c2c1. The molecule has 2 aliphatic heterocycles. The zero-order chi connectivity index (χ0) is 24.7. The number of hydrogen-bond donors (Lipinski definition) is 3. The first-order valence-electron chi connectivity index (χ1n) is 12.5. The molecule has 36 heavy (non-hydrogen) atoms. The van der Waals surface area contributed by atoms with Crippen LogP contribution in [0.15, 0.2) is 42.9 Å². The number of halogens is 1. The lowest BCUT2D eigenvalue weighted by molar-refractivity contribution is 0.0240. The smallest absolute Gasteiger partial charge is 0.165 e. The van der Waals surface area contributed by atoms with Gasteiger partial charge in [0.05, 0.1) is 26.4 Å². The van der Waals surface area contributed by atoms with Crippen molar-refractivity contribution in [3.05, 3.63) is 54.2 Å². The molecule has 0 radical (unpaired) electrons. The molecule has 3 N–H and O–H groups in total. The van der Waals surface area contributed by atoms with Crippen LogP contribution in [-0.2, 0) is 9.47 Å². The van der Waals surface area contributed by atoms with Crippen molar-refractivity contribution in [2.45, 2.75) is 18.9 Å². The minimum atomic E-state index is -0.387. The van der Waals surface area contributed by atoms with E-state index < -0.39 is 0 Å². The lowest BCUT2D eigenvalue weighted by Gasteiger charge is -2.26. The standard InChI is InChI=1S/C27H32FN5O3/c28-25-14-19(1-2-26(25)36-22-3-9-34-10-4-22)24-18-32-27-23(24)13-20(17-31-27)21(15-29)16-30-5-6-33-7-11-35-12-8-33/h1-2,13-18,22,29-30H,3-12H2,(H,31,32)/b21-16+,29-15?. The number of morpholine rings is 1. The average Bonchev–Trinajstić information content (AvgIpc) is 3.34. The van der Waals surface area contributed by atoms with Gasteiger partial charge in [0.25, 0.3) is 0 Å². The number of nitrogens with one attached hydrogen (secondary N) is 3. The summed E-state index contributed by atoms with van der Waals surface area (Å²) in [7, 11) is 0. The number of aromatic amines is 1. The molecular formula is C27H32FN5O3. The fourth-order valence-electron chi connectivity index (χ4n) is 4.58. The Kier molecular flexibility index (Phi) is 7.90. The van der Waals surface area contributed by atoms with Gasteiger partial charge in [-0.3, -0.25) is 4.90 Å². The Labute approximate surface area is 210 Å². The fraction of sp³-hybridized carbons (Fsp3) is 0.407. The van der Waals surface area contributed by atoms with E-state index in [9.17, 15) is 4.39 Å². The molecule has 2 aliphatic rings. The molecule has 8 nitrogen and oxygen atoms in total. The number of ether oxygens (including phenoxy) is 3. The molecule has 0 unspecified atom stereocenters. The molecule has 0 spiro atoms. The first-order valence-corrected chi connectivity index (χ1v) is 12.5. The van der Waals surface area contributed by atoms with Crippen LogP contribution in [0, 0.1) is 11.2 Å². The summed E-state index contributed by atoms with van der Waals surface area (Å²) in [5, 5.41) is 12.1. The Morgan fingerprint density at radius 2 is 2.00 bits per heavy atom. The maximum atomic E-state index is 14.9. The minimum Gasteiger partial charge on any atom is -0.487 e. The summed E-state index contributed by atoms with van der Waals surface area (Å²) in [5.74, 6) is -0.122. The Hall–Kier alpha value is -3.27. The predicted molar refractivity (Wildman–Crippen MR) is 138 cm³/mol. The number of benzene rings is 1. The van der Waals surface area contributed by atoms with Gasteiger partial charge in [-0.2, -0.15) is 0 Å². The van der Waals surface area contributed by atoms with Gasteiger partial charge in [-0.15, -0.1) is 0 Å². The van der Waals surface area contributed by atoms with Crippen molar-refractivity contribution < 1.29 is 18.6 Å². The third-order valence-corrected chi connectivity index (χ3v) is 6.66. The molecule has 0 aliphatic carbocycles. The van der Waals surface area contributed by atoms with Crippen molar-refractivity contribution in [2.24, 2.45) is 0 Å². The van der Waals surface area contributed by atoms with Crippen LogP contribution in [0.4, 0.5) is 4.39 Å². The zero-order valence-electron chi connectivity index (χ0n) is 20.3. The highest BCUT2D eigenvalue weighted by Gasteiger charge is 2.18. The fourth-order valence-corrected chi connectivity index (χ4v) is 4.58. The minimum absolute atomic E-state index is 0.0206. The molecule has 4 heterocycles. The largest absolute Gasteiger partial charge is 0.487 e. The molecule has 0 amide bonds. The number of hydrogen-bond acceptors (Lipinski definition) is 7. The van der Waals surface area contributed by atoms with Crippen molar-refractivity contribution in [2.75, 3.05) is 52.6 Å². The third-order valence-electron chi connectivity index (χ3n) is 6.66. The van der Waals surface area contributed by atoms with E-state index in [4.69, 9.17) is 19.6 Å². The van der Waals surface area contributed by atoms with Gasteiger partial charge < -0.3 is 29.9 Å². The normalized spacial score (nSPS) is 17.9. The summed E-state index contributed by atoms with van der Waals surface area (Å²) in [6.07, 6.45) is 8.27. The predicted octanol–water partition coefficient (Wildman–Crippen LogP) is 3.84. The van der Waals surface area contributed by atoms with Crippen LogP contribution in [-0.4, -0.2) is 79.8 Å². The van der Waals surface area contributed by atoms with Gasteiger partial charge in [0, 0.05) is 85.9 Å². The lowest BCUT2D eigenvalue weighted by atomic mass is 10.0. The van der Waals surface area contributed by atoms with Gasteiger partial charge in [-0.1, -0.05) is 6.07 Å². The second-order valence-corrected chi connectivity index (χ2v) is 9.05. The molecule has 2 aromatic heterocycles. The van der Waals surface area contributed by atoms with Crippen LogP contribution in [0.2, 0.25) is 0 Å². The summed E-state index contributed by atoms with van der Waals surface area (Å²) in [6.45, 7) is 6.44. The molecule has 1 aromatic carbocycles. The molecule has 0 atom stereocenters. The molecule has 0 bridgehead atoms. The molecule has 5 rings (SSSR count). The highest BCUT2D eigenvalue weighted by molar-refractivity contribution is 6.09. The molecular weight excluding hydrogens is 461 g/mol. The van der Waals surface area contributed by atoms with Gasteiger partial charge in [0.15, 0.2) is 11.6 Å². The summed E-state index contributed by atoms with van der Waals surface area (Å²) in [4.78, 5) is 10.1. The average molecular weight is 494 g/mol. The Morgan fingerprint density at radius 1 is 1.19 bits per heavy atom. The van der Waals surface area contributed by atoms with Gasteiger partial charge in [-0.05, 0) is 23.8 Å². The molecule has 3 aromatic rings. The monoisotopic (exact) mass is 493 g/mol. The lowest BCUT2D eigenvalue weighted by Crippen LogP contribution is -2.39. The number of nitrogens with zero attached hydrogens (tertiary/aromatic N) is 2. The number of pyridine rings is 1. The van der Waals surface area contributed by atoms with E-state index >= 15 is 0 Å². The second kappa shape index (κ2) is 11.6. The van der Waals surface area contributed by atoms with Gasteiger partial charge >= 0.3 is 0 Å². The molecule has 2 saturated heterocycles. The second-order valence-electron chi connectivity index (χ2n) is 9.05. The zero-order valence-corrected chi connectivity index (χ0v) is 20.3. The number of rotatable bonds is 9. The maximum Gasteiger partial charge on any atom is 0.165 e. The van der Waals surface area contributed by atoms with E-state index in [1.54, 1.807) is 12.3 Å². The van der Waals surface area contributed by atoms with Crippen molar-refractivity contribution in [3.63, 3.8) is 0 Å². The highest BCUT2D eigenvalue weighted by atomic mass is 19.1. The number of aromatic nitrogens is 2. The summed E-state index contributed by atoms with van der Waals surface area (Å²) < 4.78 is 31.5. The molecule has 0 saturated carbocycles. The van der Waals surface area contributed by atoms with Crippen molar-refractivity contribution in [1.82, 2.24) is 20.2 Å². The first kappa shape index (κ1) is 24.4. The summed E-state index contributed by atoms with van der Waals surface area (Å²) in [6, 6.07) is 7.05. The Morgan fingerprint density at radius 3 is 2.78 bits per heavy atom. The van der Waals surface area contributed by atoms with Crippen LogP contribution in [0.3, 0.4) is 0 Å². The van der Waals surface area contributed by atoms with Gasteiger partial charge in [-0.25, -0.2) is 9.37 Å². The Balaban J connectivity index is 1.31. The molecule has 190 valence electrons. The summed E-state index contributed by atoms with van der Waals surface area (Å²) >= 11 is 0. The van der Waals surface area contributed by atoms with E-state index in [1.807, 2.05) is 24.5 Å². The first-order chi connectivity index (χ1) is 17.7. The third kappa shape index (κ3) is 5.75. The van der Waals surface area contributed by atoms with Crippen molar-refractivity contribution >= 4 is 22.8 Å². The maximum absolute atomic E-state index is 14.9. The van der Waals surface area contributed by atoms with Crippen LogP contribution in [0.5, 0.6) is 5.75 Å². The van der Waals surface area contributed by atoms with Crippen LogP contribution < -0.4 is 10.1 Å². The van der Waals surface area contributed by atoms with E-state index in [0.717, 1.165) is 79.9 Å². The van der Waals surface area contributed by atoms with E-state index in [2.05, 4.69) is 20.2 Å². The number of allylic oxidation sites excluding steroid dienone is 1. The number of fused-ring (bicyclic) bond motifs is 1. The van der Waals surface area contributed by atoms with Crippen LogP contribution in [0.1, 0.15) is 18.4 Å². The van der Waals surface area contributed by atoms with Crippen molar-refractivity contribution in [3.8, 4) is 16.9 Å². The van der Waals surface area contributed by atoms with Gasteiger partial charge in [0.2, 0.25) is 0 Å². The van der Waals surface area contributed by atoms with E-state index in [1.165, 1.54) is 12.3 Å². The van der Waals surface area contributed by atoms with Crippen LogP contribution in [0.25, 0.3) is 27.7 Å². The van der Waals surface area contributed by atoms with Crippen LogP contribution >= 0.6 is 0 Å². The summed E-state index contributed by atoms with van der Waals surface area (Å²) in [5.41, 5.74) is 3.84. The molecule has 9 heteroatoms. The van der Waals surface area contributed by atoms with Crippen molar-refractivity contribution in [1.29, 1.82) is 5.41 Å².